The zero-order chi connectivity index (χ0) is 11.7. The van der Waals surface area contributed by atoms with Gasteiger partial charge in [-0.3, -0.25) is 0 Å². The van der Waals surface area contributed by atoms with Gasteiger partial charge in [-0.15, -0.1) is 0 Å². The largest absolute Gasteiger partial charge is 0.384 e. The molecule has 0 radical (unpaired) electrons. The Hall–Kier alpha value is -1.62. The van der Waals surface area contributed by atoms with E-state index in [0.717, 1.165) is 30.8 Å². The Labute approximate surface area is 99.6 Å². The van der Waals surface area contributed by atoms with Gasteiger partial charge in [0, 0.05) is 25.3 Å². The molecule has 5 heteroatoms. The Morgan fingerprint density at radius 1 is 1.47 bits per heavy atom. The predicted octanol–water partition coefficient (Wildman–Crippen LogP) is 1.42. The molecule has 2 aromatic rings. The van der Waals surface area contributed by atoms with Gasteiger partial charge < -0.3 is 10.5 Å². The van der Waals surface area contributed by atoms with Crippen molar-refractivity contribution in [2.45, 2.75) is 31.8 Å². The summed E-state index contributed by atoms with van der Waals surface area (Å²) >= 11 is 0. The minimum atomic E-state index is 0.301. The van der Waals surface area contributed by atoms with Gasteiger partial charge >= 0.3 is 0 Å². The standard InChI is InChI=1S/C12H16N4O/c13-11-4-5-14-12-8-9(15-16(11)12)7-10-3-1-2-6-17-10/h4-5,8,10H,1-3,6-7,13H2. The average molecular weight is 232 g/mol. The normalized spacial score (nSPS) is 20.8. The van der Waals surface area contributed by atoms with Crippen LogP contribution in [0.15, 0.2) is 18.3 Å². The third kappa shape index (κ3) is 2.10. The summed E-state index contributed by atoms with van der Waals surface area (Å²) in [5.41, 5.74) is 7.64. The fraction of sp³-hybridized carbons (Fsp3) is 0.500. The third-order valence-corrected chi connectivity index (χ3v) is 3.15. The van der Waals surface area contributed by atoms with Crippen molar-refractivity contribution >= 4 is 11.5 Å². The van der Waals surface area contributed by atoms with Crippen LogP contribution in [-0.2, 0) is 11.2 Å². The van der Waals surface area contributed by atoms with E-state index in [1.165, 1.54) is 12.8 Å². The summed E-state index contributed by atoms with van der Waals surface area (Å²) < 4.78 is 7.39. The molecule has 2 N–H and O–H groups in total. The molecule has 2 aromatic heterocycles. The molecule has 0 aromatic carbocycles. The Morgan fingerprint density at radius 2 is 2.41 bits per heavy atom. The van der Waals surface area contributed by atoms with E-state index in [1.807, 2.05) is 6.07 Å². The minimum absolute atomic E-state index is 0.301. The first-order valence-electron chi connectivity index (χ1n) is 6.04. The number of nitrogens with two attached hydrogens (primary N) is 1. The first-order valence-corrected chi connectivity index (χ1v) is 6.04. The SMILES string of the molecule is Nc1ccnc2cc(CC3CCCCO3)nn12. The summed E-state index contributed by atoms with van der Waals surface area (Å²) in [6.45, 7) is 0.873. The predicted molar refractivity (Wildman–Crippen MR) is 64.7 cm³/mol. The van der Waals surface area contributed by atoms with E-state index >= 15 is 0 Å². The highest BCUT2D eigenvalue weighted by Gasteiger charge is 2.16. The van der Waals surface area contributed by atoms with Crippen molar-refractivity contribution in [3.8, 4) is 0 Å². The molecule has 1 saturated heterocycles. The number of hydrogen-bond donors (Lipinski definition) is 1. The van der Waals surface area contributed by atoms with Gasteiger partial charge in [-0.2, -0.15) is 9.61 Å². The molecule has 0 spiro atoms. The summed E-state index contributed by atoms with van der Waals surface area (Å²) in [4.78, 5) is 4.24. The van der Waals surface area contributed by atoms with Crippen LogP contribution in [0.5, 0.6) is 0 Å². The molecule has 1 aliphatic heterocycles. The van der Waals surface area contributed by atoms with E-state index in [0.29, 0.717) is 11.9 Å². The summed E-state index contributed by atoms with van der Waals surface area (Å²) in [5.74, 6) is 0.616. The van der Waals surface area contributed by atoms with Gasteiger partial charge in [0.1, 0.15) is 5.82 Å². The van der Waals surface area contributed by atoms with Gasteiger partial charge in [0.05, 0.1) is 11.8 Å². The second-order valence-electron chi connectivity index (χ2n) is 4.47. The van der Waals surface area contributed by atoms with Crippen LogP contribution in [0.2, 0.25) is 0 Å². The van der Waals surface area contributed by atoms with Gasteiger partial charge in [0.25, 0.3) is 0 Å². The molecule has 3 heterocycles. The molecule has 90 valence electrons. The summed E-state index contributed by atoms with van der Waals surface area (Å²) in [5, 5.41) is 4.46. The smallest absolute Gasteiger partial charge is 0.157 e. The summed E-state index contributed by atoms with van der Waals surface area (Å²) in [6, 6.07) is 3.73. The first-order chi connectivity index (χ1) is 8.33. The van der Waals surface area contributed by atoms with Gasteiger partial charge in [0.2, 0.25) is 0 Å². The van der Waals surface area contributed by atoms with E-state index < -0.39 is 0 Å². The van der Waals surface area contributed by atoms with Crippen LogP contribution in [-0.4, -0.2) is 27.3 Å². The van der Waals surface area contributed by atoms with Crippen molar-refractivity contribution in [3.63, 3.8) is 0 Å². The van der Waals surface area contributed by atoms with E-state index in [-0.39, 0.29) is 0 Å². The average Bonchev–Trinajstić information content (AvgIpc) is 2.74. The topological polar surface area (TPSA) is 65.4 Å². The Kier molecular flexibility index (Phi) is 2.68. The van der Waals surface area contributed by atoms with E-state index in [1.54, 1.807) is 16.8 Å². The minimum Gasteiger partial charge on any atom is -0.384 e. The molecule has 17 heavy (non-hydrogen) atoms. The maximum atomic E-state index is 5.83. The molecule has 0 aliphatic carbocycles. The van der Waals surface area contributed by atoms with Crippen molar-refractivity contribution in [2.75, 3.05) is 12.3 Å². The van der Waals surface area contributed by atoms with Crippen LogP contribution >= 0.6 is 0 Å². The number of hydrogen-bond acceptors (Lipinski definition) is 4. The van der Waals surface area contributed by atoms with Gasteiger partial charge in [-0.05, 0) is 25.3 Å². The Balaban J connectivity index is 1.83. The van der Waals surface area contributed by atoms with Crippen LogP contribution in [0.4, 0.5) is 5.82 Å². The fourth-order valence-corrected chi connectivity index (χ4v) is 2.26. The molecule has 3 rings (SSSR count). The first kappa shape index (κ1) is 10.5. The number of nitrogens with zero attached hydrogens (tertiary/aromatic N) is 3. The lowest BCUT2D eigenvalue weighted by Gasteiger charge is -2.21. The molecule has 1 unspecified atom stereocenters. The number of aromatic nitrogens is 3. The van der Waals surface area contributed by atoms with E-state index in [2.05, 4.69) is 10.1 Å². The molecule has 0 amide bonds. The highest BCUT2D eigenvalue weighted by molar-refractivity contribution is 5.46. The molecule has 1 atom stereocenters. The van der Waals surface area contributed by atoms with Gasteiger partial charge in [0.15, 0.2) is 5.65 Å². The lowest BCUT2D eigenvalue weighted by Crippen LogP contribution is -2.21. The van der Waals surface area contributed by atoms with E-state index in [9.17, 15) is 0 Å². The molecule has 0 bridgehead atoms. The third-order valence-electron chi connectivity index (χ3n) is 3.15. The Morgan fingerprint density at radius 3 is 3.18 bits per heavy atom. The van der Waals surface area contributed by atoms with Crippen molar-refractivity contribution in [2.24, 2.45) is 0 Å². The van der Waals surface area contributed by atoms with Crippen molar-refractivity contribution in [3.05, 3.63) is 24.0 Å². The number of fused-ring (bicyclic) bond motifs is 1. The van der Waals surface area contributed by atoms with Crippen LogP contribution in [0.25, 0.3) is 5.65 Å². The van der Waals surface area contributed by atoms with Crippen LogP contribution in [0.3, 0.4) is 0 Å². The maximum absolute atomic E-state index is 5.83. The zero-order valence-electron chi connectivity index (χ0n) is 9.67. The summed E-state index contributed by atoms with van der Waals surface area (Å²) in [7, 11) is 0. The van der Waals surface area contributed by atoms with Crippen LogP contribution in [0.1, 0.15) is 25.0 Å². The molecular formula is C12H16N4O. The number of ether oxygens (including phenoxy) is 1. The highest BCUT2D eigenvalue weighted by Crippen LogP contribution is 2.17. The van der Waals surface area contributed by atoms with E-state index in [4.69, 9.17) is 10.5 Å². The number of nitrogen functional groups attached to an aromatic ring is 1. The second-order valence-corrected chi connectivity index (χ2v) is 4.47. The van der Waals surface area contributed by atoms with Crippen LogP contribution in [0, 0.1) is 0 Å². The second kappa shape index (κ2) is 4.33. The summed E-state index contributed by atoms with van der Waals surface area (Å²) in [6.07, 6.45) is 6.40. The highest BCUT2D eigenvalue weighted by atomic mass is 16.5. The number of anilines is 1. The monoisotopic (exact) mass is 232 g/mol. The molecule has 0 saturated carbocycles. The van der Waals surface area contributed by atoms with Crippen molar-refractivity contribution in [1.29, 1.82) is 0 Å². The zero-order valence-corrected chi connectivity index (χ0v) is 9.67. The molecule has 5 nitrogen and oxygen atoms in total. The quantitative estimate of drug-likeness (QED) is 0.850. The van der Waals surface area contributed by atoms with Crippen molar-refractivity contribution in [1.82, 2.24) is 14.6 Å². The lowest BCUT2D eigenvalue weighted by atomic mass is 10.1. The lowest BCUT2D eigenvalue weighted by molar-refractivity contribution is 0.0162. The number of rotatable bonds is 2. The van der Waals surface area contributed by atoms with Gasteiger partial charge in [-0.25, -0.2) is 4.98 Å². The molecular weight excluding hydrogens is 216 g/mol. The Bertz CT molecular complexity index is 516. The van der Waals surface area contributed by atoms with Crippen molar-refractivity contribution < 1.29 is 4.74 Å². The van der Waals surface area contributed by atoms with Gasteiger partial charge in [-0.1, -0.05) is 0 Å². The van der Waals surface area contributed by atoms with Crippen LogP contribution < -0.4 is 5.73 Å². The maximum Gasteiger partial charge on any atom is 0.157 e. The fourth-order valence-electron chi connectivity index (χ4n) is 2.26. The molecule has 1 aliphatic rings. The molecule has 1 fully saturated rings.